The molecule has 1 saturated heterocycles. The van der Waals surface area contributed by atoms with E-state index in [-0.39, 0.29) is 0 Å². The zero-order chi connectivity index (χ0) is 20.4. The lowest BCUT2D eigenvalue weighted by atomic mass is 10.1. The molecular weight excluding hydrogens is 384 g/mol. The summed E-state index contributed by atoms with van der Waals surface area (Å²) in [6, 6.07) is 17.7. The lowest BCUT2D eigenvalue weighted by Crippen LogP contribution is -2.47. The van der Waals surface area contributed by atoms with Crippen molar-refractivity contribution in [2.45, 2.75) is 18.2 Å². The van der Waals surface area contributed by atoms with Crippen LogP contribution in [0.3, 0.4) is 0 Å². The average Bonchev–Trinajstić information content (AvgIpc) is 2.78. The molecule has 0 spiro atoms. The molecule has 0 bridgehead atoms. The smallest absolute Gasteiger partial charge is 0.242 e. The minimum atomic E-state index is -3.50. The number of nitrogens with zero attached hydrogens (tertiary/aromatic N) is 3. The first kappa shape index (κ1) is 19.7. The topological polar surface area (TPSA) is 65.5 Å². The Morgan fingerprint density at radius 3 is 2.24 bits per heavy atom. The standard InChI is InChI=1S/C22H26N4O2S/c1-3-17-16-21(18-8-4-5-9-19(18)24-17)26-14-12-25(13-15-26)20-10-6-7-11-22(20)29(27,28)23-2/h4-11,16,23H,3,12-15H2,1-2H3. The van der Waals surface area contributed by atoms with E-state index in [0.29, 0.717) is 4.90 Å². The third kappa shape index (κ3) is 3.80. The third-order valence-corrected chi connectivity index (χ3v) is 6.96. The number of piperazine rings is 1. The minimum absolute atomic E-state index is 0.332. The average molecular weight is 411 g/mol. The molecule has 0 atom stereocenters. The first-order valence-corrected chi connectivity index (χ1v) is 11.4. The van der Waals surface area contributed by atoms with Crippen LogP contribution in [0.15, 0.2) is 59.5 Å². The van der Waals surface area contributed by atoms with Crippen molar-refractivity contribution in [1.29, 1.82) is 0 Å². The van der Waals surface area contributed by atoms with Gasteiger partial charge < -0.3 is 9.80 Å². The second-order valence-electron chi connectivity index (χ2n) is 7.15. The summed E-state index contributed by atoms with van der Waals surface area (Å²) in [4.78, 5) is 9.62. The summed E-state index contributed by atoms with van der Waals surface area (Å²) < 4.78 is 27.3. The molecule has 1 fully saturated rings. The summed E-state index contributed by atoms with van der Waals surface area (Å²) in [7, 11) is -2.05. The van der Waals surface area contributed by atoms with Crippen molar-refractivity contribution < 1.29 is 8.42 Å². The fraction of sp³-hybridized carbons (Fsp3) is 0.318. The molecule has 0 unspecified atom stereocenters. The van der Waals surface area contributed by atoms with Crippen molar-refractivity contribution >= 4 is 32.3 Å². The summed E-state index contributed by atoms with van der Waals surface area (Å²) in [6.45, 7) is 5.29. The van der Waals surface area contributed by atoms with Gasteiger partial charge in [-0.15, -0.1) is 0 Å². The van der Waals surface area contributed by atoms with Crippen molar-refractivity contribution in [2.24, 2.45) is 0 Å². The number of para-hydroxylation sites is 2. The van der Waals surface area contributed by atoms with Gasteiger partial charge in [-0.3, -0.25) is 4.98 Å². The predicted molar refractivity (Wildman–Crippen MR) is 118 cm³/mol. The third-order valence-electron chi connectivity index (χ3n) is 5.49. The molecule has 1 aromatic heterocycles. The predicted octanol–water partition coefficient (Wildman–Crippen LogP) is 3.03. The molecule has 3 aromatic rings. The van der Waals surface area contributed by atoms with Crippen LogP contribution in [-0.2, 0) is 16.4 Å². The lowest BCUT2D eigenvalue weighted by Gasteiger charge is -2.38. The second-order valence-corrected chi connectivity index (χ2v) is 9.01. The van der Waals surface area contributed by atoms with Gasteiger partial charge in [0, 0.05) is 42.9 Å². The Morgan fingerprint density at radius 1 is 0.931 bits per heavy atom. The number of fused-ring (bicyclic) bond motifs is 1. The van der Waals surface area contributed by atoms with Gasteiger partial charge in [-0.25, -0.2) is 13.1 Å². The van der Waals surface area contributed by atoms with Gasteiger partial charge >= 0.3 is 0 Å². The number of anilines is 2. The number of hydrogen-bond donors (Lipinski definition) is 1. The normalized spacial score (nSPS) is 15.1. The van der Waals surface area contributed by atoms with E-state index in [0.717, 1.165) is 54.9 Å². The van der Waals surface area contributed by atoms with E-state index in [2.05, 4.69) is 39.6 Å². The van der Waals surface area contributed by atoms with Crippen molar-refractivity contribution in [2.75, 3.05) is 43.0 Å². The van der Waals surface area contributed by atoms with Gasteiger partial charge in [-0.05, 0) is 37.7 Å². The molecule has 2 heterocycles. The monoisotopic (exact) mass is 410 g/mol. The number of hydrogen-bond acceptors (Lipinski definition) is 5. The molecule has 1 aliphatic rings. The highest BCUT2D eigenvalue weighted by Gasteiger charge is 2.24. The van der Waals surface area contributed by atoms with E-state index < -0.39 is 10.0 Å². The summed E-state index contributed by atoms with van der Waals surface area (Å²) in [6.07, 6.45) is 0.896. The molecule has 0 amide bonds. The summed E-state index contributed by atoms with van der Waals surface area (Å²) in [5, 5.41) is 1.16. The highest BCUT2D eigenvalue weighted by molar-refractivity contribution is 7.89. The van der Waals surface area contributed by atoms with Gasteiger partial charge in [-0.1, -0.05) is 37.3 Å². The minimum Gasteiger partial charge on any atom is -0.367 e. The van der Waals surface area contributed by atoms with Gasteiger partial charge in [0.15, 0.2) is 0 Å². The van der Waals surface area contributed by atoms with Crippen LogP contribution in [0.5, 0.6) is 0 Å². The Kier molecular flexibility index (Phi) is 5.43. The summed E-state index contributed by atoms with van der Waals surface area (Å²) in [5.41, 5.74) is 4.08. The van der Waals surface area contributed by atoms with Crippen LogP contribution in [0.4, 0.5) is 11.4 Å². The quantitative estimate of drug-likeness (QED) is 0.700. The number of aromatic nitrogens is 1. The molecule has 1 N–H and O–H groups in total. The molecule has 4 rings (SSSR count). The molecule has 0 saturated carbocycles. The number of rotatable bonds is 5. The van der Waals surface area contributed by atoms with Crippen LogP contribution in [0.1, 0.15) is 12.6 Å². The fourth-order valence-electron chi connectivity index (χ4n) is 3.90. The van der Waals surface area contributed by atoms with Crippen LogP contribution >= 0.6 is 0 Å². The number of nitrogens with one attached hydrogen (secondary N) is 1. The molecule has 6 nitrogen and oxygen atoms in total. The zero-order valence-electron chi connectivity index (χ0n) is 16.8. The lowest BCUT2D eigenvalue weighted by molar-refractivity contribution is 0.586. The van der Waals surface area contributed by atoms with E-state index in [1.807, 2.05) is 24.3 Å². The van der Waals surface area contributed by atoms with Crippen LogP contribution in [-0.4, -0.2) is 46.6 Å². The molecule has 0 radical (unpaired) electrons. The van der Waals surface area contributed by atoms with Gasteiger partial charge in [0.05, 0.1) is 11.2 Å². The number of sulfonamides is 1. The summed E-state index contributed by atoms with van der Waals surface area (Å²) in [5.74, 6) is 0. The van der Waals surface area contributed by atoms with E-state index >= 15 is 0 Å². The Hall–Kier alpha value is -2.64. The first-order valence-electron chi connectivity index (χ1n) is 9.94. The highest BCUT2D eigenvalue weighted by atomic mass is 32.2. The van der Waals surface area contributed by atoms with E-state index in [1.54, 1.807) is 12.1 Å². The Labute approximate surface area is 172 Å². The molecule has 7 heteroatoms. The fourth-order valence-corrected chi connectivity index (χ4v) is 4.85. The number of aryl methyl sites for hydroxylation is 1. The van der Waals surface area contributed by atoms with Crippen LogP contribution in [0, 0.1) is 0 Å². The first-order chi connectivity index (χ1) is 14.0. The number of pyridine rings is 1. The van der Waals surface area contributed by atoms with Gasteiger partial charge in [0.1, 0.15) is 4.90 Å². The number of benzene rings is 2. The van der Waals surface area contributed by atoms with Crippen molar-refractivity contribution in [1.82, 2.24) is 9.71 Å². The SMILES string of the molecule is CCc1cc(N2CCN(c3ccccc3S(=O)(=O)NC)CC2)c2ccccc2n1. The Balaban J connectivity index is 1.61. The van der Waals surface area contributed by atoms with E-state index in [4.69, 9.17) is 4.98 Å². The second kappa shape index (κ2) is 8.00. The summed E-state index contributed by atoms with van der Waals surface area (Å²) >= 11 is 0. The molecule has 2 aromatic carbocycles. The van der Waals surface area contributed by atoms with Crippen molar-refractivity contribution in [3.8, 4) is 0 Å². The molecule has 29 heavy (non-hydrogen) atoms. The van der Waals surface area contributed by atoms with E-state index in [1.165, 1.54) is 12.7 Å². The van der Waals surface area contributed by atoms with Gasteiger partial charge in [0.25, 0.3) is 0 Å². The molecule has 0 aliphatic carbocycles. The van der Waals surface area contributed by atoms with Crippen molar-refractivity contribution in [3.05, 3.63) is 60.3 Å². The maximum absolute atomic E-state index is 12.4. The van der Waals surface area contributed by atoms with Crippen LogP contribution in [0.2, 0.25) is 0 Å². The van der Waals surface area contributed by atoms with E-state index in [9.17, 15) is 8.42 Å². The van der Waals surface area contributed by atoms with Crippen LogP contribution in [0.25, 0.3) is 10.9 Å². The molecule has 152 valence electrons. The van der Waals surface area contributed by atoms with Gasteiger partial charge in [0.2, 0.25) is 10.0 Å². The molecule has 1 aliphatic heterocycles. The van der Waals surface area contributed by atoms with Crippen LogP contribution < -0.4 is 14.5 Å². The Morgan fingerprint density at radius 2 is 1.55 bits per heavy atom. The van der Waals surface area contributed by atoms with Gasteiger partial charge in [-0.2, -0.15) is 0 Å². The Bertz CT molecular complexity index is 1120. The maximum Gasteiger partial charge on any atom is 0.242 e. The molecular formula is C22H26N4O2S. The van der Waals surface area contributed by atoms with Crippen molar-refractivity contribution in [3.63, 3.8) is 0 Å². The maximum atomic E-state index is 12.4. The zero-order valence-corrected chi connectivity index (χ0v) is 17.6. The highest BCUT2D eigenvalue weighted by Crippen LogP contribution is 2.30. The largest absolute Gasteiger partial charge is 0.367 e.